The van der Waals surface area contributed by atoms with E-state index in [9.17, 15) is 4.79 Å². The summed E-state index contributed by atoms with van der Waals surface area (Å²) in [4.78, 5) is 12.1. The number of nitriles is 1. The van der Waals surface area contributed by atoms with Crippen LogP contribution >= 0.6 is 15.9 Å². The summed E-state index contributed by atoms with van der Waals surface area (Å²) in [6.45, 7) is 1.95. The van der Waals surface area contributed by atoms with Crippen molar-refractivity contribution in [3.8, 4) is 17.6 Å². The zero-order valence-corrected chi connectivity index (χ0v) is 17.7. The molecular weight excluding hydrogens is 449 g/mol. The van der Waals surface area contributed by atoms with Crippen molar-refractivity contribution < 1.29 is 18.7 Å². The van der Waals surface area contributed by atoms with Crippen LogP contribution in [0.25, 0.3) is 0 Å². The molecule has 1 heterocycles. The van der Waals surface area contributed by atoms with Crippen molar-refractivity contribution >= 4 is 21.7 Å². The van der Waals surface area contributed by atoms with Gasteiger partial charge in [-0.3, -0.25) is 4.79 Å². The topological polar surface area (TPSA) is 59.3 Å². The molecule has 0 radical (unpaired) electrons. The lowest BCUT2D eigenvalue weighted by Gasteiger charge is -2.25. The van der Waals surface area contributed by atoms with Gasteiger partial charge in [0.2, 0.25) is 0 Å². The Labute approximate surface area is 182 Å². The highest BCUT2D eigenvalue weighted by molar-refractivity contribution is 9.10. The lowest BCUT2D eigenvalue weighted by molar-refractivity contribution is 0.0931. The summed E-state index contributed by atoms with van der Waals surface area (Å²) in [6, 6.07) is 17.8. The summed E-state index contributed by atoms with van der Waals surface area (Å²) in [6.07, 6.45) is -0.390. The Hall–Kier alpha value is -3.17. The van der Waals surface area contributed by atoms with Crippen LogP contribution in [-0.4, -0.2) is 12.4 Å². The summed E-state index contributed by atoms with van der Waals surface area (Å²) < 4.78 is 27.7. The van der Waals surface area contributed by atoms with Crippen molar-refractivity contribution in [2.45, 2.75) is 19.4 Å². The molecule has 1 atom stereocenters. The first-order chi connectivity index (χ1) is 14.5. The van der Waals surface area contributed by atoms with Gasteiger partial charge >= 0.3 is 0 Å². The van der Waals surface area contributed by atoms with Crippen LogP contribution in [0.4, 0.5) is 4.39 Å². The minimum Gasteiger partial charge on any atom is -0.492 e. The van der Waals surface area contributed by atoms with Crippen LogP contribution in [0.2, 0.25) is 0 Å². The van der Waals surface area contributed by atoms with Crippen molar-refractivity contribution in [1.29, 1.82) is 5.26 Å². The van der Waals surface area contributed by atoms with Gasteiger partial charge in [-0.2, -0.15) is 5.26 Å². The predicted octanol–water partition coefficient (Wildman–Crippen LogP) is 5.90. The number of hydrogen-bond donors (Lipinski definition) is 0. The van der Waals surface area contributed by atoms with Gasteiger partial charge in [0.25, 0.3) is 0 Å². The van der Waals surface area contributed by atoms with E-state index in [0.717, 1.165) is 15.6 Å². The van der Waals surface area contributed by atoms with Gasteiger partial charge in [-0.15, -0.1) is 0 Å². The maximum atomic E-state index is 15.0. The Bertz CT molecular complexity index is 1170. The highest BCUT2D eigenvalue weighted by atomic mass is 79.9. The summed E-state index contributed by atoms with van der Waals surface area (Å²) in [7, 11) is 0. The molecule has 4 rings (SSSR count). The molecule has 0 aromatic heterocycles. The van der Waals surface area contributed by atoms with Gasteiger partial charge < -0.3 is 9.47 Å². The van der Waals surface area contributed by atoms with E-state index in [1.54, 1.807) is 31.2 Å². The molecule has 6 heteroatoms. The molecule has 0 fully saturated rings. The van der Waals surface area contributed by atoms with E-state index in [2.05, 4.69) is 22.0 Å². The Morgan fingerprint density at radius 3 is 2.63 bits per heavy atom. The number of carbonyl (C=O) groups is 1. The van der Waals surface area contributed by atoms with Gasteiger partial charge in [0, 0.05) is 16.5 Å². The first-order valence-corrected chi connectivity index (χ1v) is 10.2. The van der Waals surface area contributed by atoms with E-state index in [1.165, 1.54) is 6.07 Å². The zero-order valence-electron chi connectivity index (χ0n) is 16.1. The molecule has 0 saturated heterocycles. The number of ketones is 1. The van der Waals surface area contributed by atoms with Gasteiger partial charge in [0.1, 0.15) is 11.9 Å². The van der Waals surface area contributed by atoms with Gasteiger partial charge in [-0.25, -0.2) is 4.39 Å². The minimum atomic E-state index is -0.624. The smallest absolute Gasteiger partial charge is 0.170 e. The van der Waals surface area contributed by atoms with E-state index in [-0.39, 0.29) is 30.1 Å². The minimum absolute atomic E-state index is 0.0396. The second-order valence-electron chi connectivity index (χ2n) is 7.00. The number of benzene rings is 3. The second kappa shape index (κ2) is 8.29. The van der Waals surface area contributed by atoms with Gasteiger partial charge in [0.05, 0.1) is 23.8 Å². The molecule has 0 aliphatic carbocycles. The van der Waals surface area contributed by atoms with Crippen LogP contribution in [0.1, 0.15) is 45.1 Å². The zero-order chi connectivity index (χ0) is 21.3. The van der Waals surface area contributed by atoms with E-state index < -0.39 is 11.9 Å². The molecule has 0 amide bonds. The average molecular weight is 466 g/mol. The number of carbonyl (C=O) groups excluding carboxylic acids is 1. The van der Waals surface area contributed by atoms with Gasteiger partial charge in [-0.05, 0) is 48.4 Å². The summed E-state index contributed by atoms with van der Waals surface area (Å²) in [5.41, 5.74) is 2.80. The van der Waals surface area contributed by atoms with E-state index in [0.29, 0.717) is 16.9 Å². The Balaban J connectivity index is 1.81. The highest BCUT2D eigenvalue weighted by Crippen LogP contribution is 2.40. The van der Waals surface area contributed by atoms with Crippen LogP contribution in [0.15, 0.2) is 59.1 Å². The average Bonchev–Trinajstić information content (AvgIpc) is 2.75. The highest BCUT2D eigenvalue weighted by Gasteiger charge is 2.27. The molecule has 1 unspecified atom stereocenters. The van der Waals surface area contributed by atoms with Crippen LogP contribution < -0.4 is 9.47 Å². The molecule has 0 N–H and O–H groups in total. The number of rotatable bonds is 4. The van der Waals surface area contributed by atoms with Gasteiger partial charge in [0.15, 0.2) is 17.3 Å². The number of ether oxygens (including phenoxy) is 2. The third-order valence-corrected chi connectivity index (χ3v) is 5.51. The van der Waals surface area contributed by atoms with Crippen LogP contribution in [-0.2, 0) is 0 Å². The van der Waals surface area contributed by atoms with Gasteiger partial charge in [-0.1, -0.05) is 40.2 Å². The fourth-order valence-corrected chi connectivity index (χ4v) is 3.93. The Morgan fingerprint density at radius 2 is 1.93 bits per heavy atom. The summed E-state index contributed by atoms with van der Waals surface area (Å²) in [5.74, 6) is -0.340. The molecular formula is C24H17BrFNO3. The van der Waals surface area contributed by atoms with E-state index >= 15 is 4.39 Å². The summed E-state index contributed by atoms with van der Waals surface area (Å²) >= 11 is 3.47. The second-order valence-corrected chi connectivity index (χ2v) is 7.91. The van der Waals surface area contributed by atoms with Crippen molar-refractivity contribution in [2.75, 3.05) is 6.61 Å². The lowest BCUT2D eigenvalue weighted by atomic mass is 9.98. The SMILES string of the molecule is Cc1c(OC(c2ccc(C#N)cc2)c2cccc(Br)c2)c(F)cc2c1OCCC2=O. The predicted molar refractivity (Wildman–Crippen MR) is 113 cm³/mol. The molecule has 0 spiro atoms. The quantitative estimate of drug-likeness (QED) is 0.480. The molecule has 0 saturated carbocycles. The molecule has 3 aromatic carbocycles. The number of nitrogens with zero attached hydrogens (tertiary/aromatic N) is 1. The van der Waals surface area contributed by atoms with Crippen LogP contribution in [0.5, 0.6) is 11.5 Å². The van der Waals surface area contributed by atoms with E-state index in [1.807, 2.05) is 24.3 Å². The van der Waals surface area contributed by atoms with Crippen molar-refractivity contribution in [1.82, 2.24) is 0 Å². The third-order valence-electron chi connectivity index (χ3n) is 5.02. The number of hydrogen-bond acceptors (Lipinski definition) is 4. The molecule has 4 nitrogen and oxygen atoms in total. The Morgan fingerprint density at radius 1 is 1.17 bits per heavy atom. The van der Waals surface area contributed by atoms with Crippen molar-refractivity contribution in [3.05, 3.63) is 92.7 Å². The molecule has 150 valence electrons. The maximum Gasteiger partial charge on any atom is 0.170 e. The maximum absolute atomic E-state index is 15.0. The largest absolute Gasteiger partial charge is 0.492 e. The first kappa shape index (κ1) is 20.1. The normalized spacial score (nSPS) is 13.7. The fourth-order valence-electron chi connectivity index (χ4n) is 3.51. The van der Waals surface area contributed by atoms with Crippen LogP contribution in [0, 0.1) is 24.1 Å². The monoisotopic (exact) mass is 465 g/mol. The number of Topliss-reactive ketones (excluding diaryl/α,β-unsaturated/α-hetero) is 1. The molecule has 1 aliphatic heterocycles. The van der Waals surface area contributed by atoms with Crippen LogP contribution in [0.3, 0.4) is 0 Å². The summed E-state index contributed by atoms with van der Waals surface area (Å²) in [5, 5.41) is 9.08. The number of halogens is 2. The van der Waals surface area contributed by atoms with Crippen molar-refractivity contribution in [2.24, 2.45) is 0 Å². The molecule has 0 bridgehead atoms. The third kappa shape index (κ3) is 3.81. The first-order valence-electron chi connectivity index (χ1n) is 9.39. The van der Waals surface area contributed by atoms with Crippen molar-refractivity contribution in [3.63, 3.8) is 0 Å². The number of fused-ring (bicyclic) bond motifs is 1. The lowest BCUT2D eigenvalue weighted by Crippen LogP contribution is -2.18. The Kier molecular flexibility index (Phi) is 5.56. The fraction of sp³-hybridized carbons (Fsp3) is 0.167. The molecule has 30 heavy (non-hydrogen) atoms. The molecule has 1 aliphatic rings. The molecule has 3 aromatic rings. The van der Waals surface area contributed by atoms with E-state index in [4.69, 9.17) is 14.7 Å². The standard InChI is InChI=1S/C24H17BrFNO3/c1-14-22-19(21(28)9-10-29-22)12-20(26)23(14)30-24(17-3-2-4-18(25)11-17)16-7-5-15(13-27)6-8-16/h2-8,11-12,24H,9-10H2,1H3.